The van der Waals surface area contributed by atoms with Gasteiger partial charge in [0.1, 0.15) is 12.6 Å². The van der Waals surface area contributed by atoms with Gasteiger partial charge in [-0.3, -0.25) is 0 Å². The van der Waals surface area contributed by atoms with Crippen LogP contribution in [0.4, 0.5) is 0 Å². The van der Waals surface area contributed by atoms with Crippen molar-refractivity contribution in [1.29, 1.82) is 0 Å². The normalized spacial score (nSPS) is 9.89. The van der Waals surface area contributed by atoms with Crippen LogP contribution in [-0.4, -0.2) is 12.6 Å². The van der Waals surface area contributed by atoms with E-state index in [1.54, 1.807) is 0 Å². The van der Waals surface area contributed by atoms with Crippen LogP contribution in [0.25, 0.3) is 0 Å². The predicted octanol–water partition coefficient (Wildman–Crippen LogP) is 5.34. The molecule has 114 valence electrons. The monoisotopic (exact) mass is 270 g/mol. The first-order valence-corrected chi connectivity index (χ1v) is 8.15. The maximum Gasteiger partial charge on any atom is 0.123 e. The molecule has 0 aromatic heterocycles. The molecule has 19 heavy (non-hydrogen) atoms. The first-order chi connectivity index (χ1) is 9.26. The Balaban J connectivity index is 0. The molecule has 0 aromatic rings. The Kier molecular flexibility index (Phi) is 21.4. The second kappa shape index (κ2) is 19.7. The van der Waals surface area contributed by atoms with Gasteiger partial charge >= 0.3 is 0 Å². The summed E-state index contributed by atoms with van der Waals surface area (Å²) in [6.45, 7) is 6.30. The third kappa shape index (κ3) is 19.8. The van der Waals surface area contributed by atoms with Crippen molar-refractivity contribution in [2.45, 2.75) is 91.4 Å². The number of hydrogen-bond acceptors (Lipinski definition) is 2. The Hall–Kier alpha value is -0.660. The molecular weight excluding hydrogens is 236 g/mol. The molecule has 0 aromatic carbocycles. The Morgan fingerprint density at radius 1 is 0.737 bits per heavy atom. The lowest BCUT2D eigenvalue weighted by Gasteiger charge is -1.98. The summed E-state index contributed by atoms with van der Waals surface area (Å²) >= 11 is 0. The van der Waals surface area contributed by atoms with E-state index in [9.17, 15) is 9.59 Å². The molecule has 0 bridgehead atoms. The van der Waals surface area contributed by atoms with Gasteiger partial charge in [-0.05, 0) is 19.3 Å². The van der Waals surface area contributed by atoms with Crippen LogP contribution in [-0.2, 0) is 9.59 Å². The van der Waals surface area contributed by atoms with Crippen molar-refractivity contribution in [3.05, 3.63) is 0 Å². The summed E-state index contributed by atoms with van der Waals surface area (Å²) < 4.78 is 0. The van der Waals surface area contributed by atoms with Crippen molar-refractivity contribution < 1.29 is 9.59 Å². The van der Waals surface area contributed by atoms with Crippen LogP contribution in [0.5, 0.6) is 0 Å². The molecule has 0 radical (unpaired) electrons. The van der Waals surface area contributed by atoms with E-state index in [-0.39, 0.29) is 0 Å². The van der Waals surface area contributed by atoms with E-state index in [0.717, 1.165) is 38.3 Å². The number of carbonyl (C=O) groups is 2. The summed E-state index contributed by atoms with van der Waals surface area (Å²) in [6, 6.07) is 0. The molecular formula is C17H34O2. The van der Waals surface area contributed by atoms with Crippen molar-refractivity contribution in [2.75, 3.05) is 0 Å². The molecule has 0 fully saturated rings. The zero-order valence-corrected chi connectivity index (χ0v) is 13.3. The van der Waals surface area contributed by atoms with Gasteiger partial charge in [0, 0.05) is 12.3 Å². The average Bonchev–Trinajstić information content (AvgIpc) is 2.44. The molecule has 0 saturated carbocycles. The molecule has 0 aliphatic carbocycles. The van der Waals surface area contributed by atoms with Gasteiger partial charge in [-0.1, -0.05) is 65.7 Å². The summed E-state index contributed by atoms with van der Waals surface area (Å²) in [6.07, 6.45) is 15.3. The van der Waals surface area contributed by atoms with Crippen LogP contribution < -0.4 is 0 Å². The van der Waals surface area contributed by atoms with Gasteiger partial charge in [0.25, 0.3) is 0 Å². The molecule has 2 heteroatoms. The quantitative estimate of drug-likeness (QED) is 0.354. The van der Waals surface area contributed by atoms with Crippen LogP contribution in [0.15, 0.2) is 0 Å². The van der Waals surface area contributed by atoms with Gasteiger partial charge in [-0.2, -0.15) is 0 Å². The highest BCUT2D eigenvalue weighted by Gasteiger charge is 1.96. The van der Waals surface area contributed by atoms with Crippen LogP contribution in [0.2, 0.25) is 0 Å². The van der Waals surface area contributed by atoms with E-state index in [4.69, 9.17) is 0 Å². The van der Waals surface area contributed by atoms with E-state index in [1.165, 1.54) is 44.9 Å². The lowest BCUT2D eigenvalue weighted by molar-refractivity contribution is -0.111. The first-order valence-electron chi connectivity index (χ1n) is 8.15. The lowest BCUT2D eigenvalue weighted by Crippen LogP contribution is -1.95. The third-order valence-electron chi connectivity index (χ3n) is 3.42. The highest BCUT2D eigenvalue weighted by Crippen LogP contribution is 2.08. The molecule has 0 rings (SSSR count). The van der Waals surface area contributed by atoms with Crippen molar-refractivity contribution in [3.63, 3.8) is 0 Å². The standard InChI is InChI=1S/C11H22O.C6H12O/c1-2-3-4-5-6-7-8-9-10-11-12;1-3-6(4-2)5-7/h11H,2-10H2,1H3;5-6H,3-4H2,1-2H3. The third-order valence-corrected chi connectivity index (χ3v) is 3.42. The molecule has 0 aliphatic rings. The number of carbonyl (C=O) groups excluding carboxylic acids is 2. The molecule has 0 aliphatic heterocycles. The maximum atomic E-state index is 9.98. The number of unbranched alkanes of at least 4 members (excludes halogenated alkanes) is 8. The largest absolute Gasteiger partial charge is 0.303 e. The maximum absolute atomic E-state index is 9.98. The topological polar surface area (TPSA) is 34.1 Å². The van der Waals surface area contributed by atoms with Crippen LogP contribution >= 0.6 is 0 Å². The smallest absolute Gasteiger partial charge is 0.123 e. The Morgan fingerprint density at radius 3 is 1.53 bits per heavy atom. The summed E-state index contributed by atoms with van der Waals surface area (Å²) in [5.41, 5.74) is 0. The Labute approximate surface area is 120 Å². The molecule has 0 unspecified atom stereocenters. The molecule has 0 atom stereocenters. The van der Waals surface area contributed by atoms with E-state index >= 15 is 0 Å². The van der Waals surface area contributed by atoms with Gasteiger partial charge in [-0.25, -0.2) is 0 Å². The number of rotatable bonds is 12. The van der Waals surface area contributed by atoms with Gasteiger partial charge in [0.05, 0.1) is 0 Å². The summed E-state index contributed by atoms with van der Waals surface area (Å²) in [5.74, 6) is 0.306. The van der Waals surface area contributed by atoms with Gasteiger partial charge in [0.2, 0.25) is 0 Å². The fourth-order valence-electron chi connectivity index (χ4n) is 1.84. The fourth-order valence-corrected chi connectivity index (χ4v) is 1.84. The van der Waals surface area contributed by atoms with Crippen molar-refractivity contribution >= 4 is 12.6 Å². The number of hydrogen-bond donors (Lipinski definition) is 0. The van der Waals surface area contributed by atoms with Gasteiger partial charge < -0.3 is 9.59 Å². The highest BCUT2D eigenvalue weighted by atomic mass is 16.1. The van der Waals surface area contributed by atoms with Crippen LogP contribution in [0.1, 0.15) is 91.4 Å². The minimum absolute atomic E-state index is 0.306. The zero-order chi connectivity index (χ0) is 14.8. The first kappa shape index (κ1) is 20.7. The summed E-state index contributed by atoms with van der Waals surface area (Å²) in [7, 11) is 0. The fraction of sp³-hybridized carbons (Fsp3) is 0.882. The van der Waals surface area contributed by atoms with E-state index in [0.29, 0.717) is 5.92 Å². The average molecular weight is 270 g/mol. The van der Waals surface area contributed by atoms with Gasteiger partial charge in [-0.15, -0.1) is 0 Å². The SMILES string of the molecule is CCC(C=O)CC.CCCCCCCCCCC=O. The van der Waals surface area contributed by atoms with Crippen LogP contribution in [0, 0.1) is 5.92 Å². The molecule has 0 heterocycles. The molecule has 0 amide bonds. The van der Waals surface area contributed by atoms with Crippen molar-refractivity contribution in [2.24, 2.45) is 5.92 Å². The second-order valence-electron chi connectivity index (χ2n) is 5.14. The molecule has 0 spiro atoms. The second-order valence-corrected chi connectivity index (χ2v) is 5.14. The van der Waals surface area contributed by atoms with Crippen molar-refractivity contribution in [3.8, 4) is 0 Å². The highest BCUT2D eigenvalue weighted by molar-refractivity contribution is 5.52. The molecule has 2 nitrogen and oxygen atoms in total. The summed E-state index contributed by atoms with van der Waals surface area (Å²) in [4.78, 5) is 19.9. The predicted molar refractivity (Wildman–Crippen MR) is 83.4 cm³/mol. The minimum Gasteiger partial charge on any atom is -0.303 e. The van der Waals surface area contributed by atoms with Crippen LogP contribution in [0.3, 0.4) is 0 Å². The molecule has 0 N–H and O–H groups in total. The Morgan fingerprint density at radius 2 is 1.21 bits per heavy atom. The van der Waals surface area contributed by atoms with E-state index < -0.39 is 0 Å². The van der Waals surface area contributed by atoms with Crippen molar-refractivity contribution in [1.82, 2.24) is 0 Å². The number of aldehydes is 2. The summed E-state index contributed by atoms with van der Waals surface area (Å²) in [5, 5.41) is 0. The van der Waals surface area contributed by atoms with Gasteiger partial charge in [0.15, 0.2) is 0 Å². The van der Waals surface area contributed by atoms with E-state index in [2.05, 4.69) is 6.92 Å². The lowest BCUT2D eigenvalue weighted by atomic mass is 10.1. The Bertz CT molecular complexity index is 174. The zero-order valence-electron chi connectivity index (χ0n) is 13.3. The van der Waals surface area contributed by atoms with E-state index in [1.807, 2.05) is 13.8 Å². The minimum atomic E-state index is 0.306. The molecule has 0 saturated heterocycles.